The molecule has 1 atom stereocenters. The minimum Gasteiger partial charge on any atom is -0.271 e. The van der Waals surface area contributed by atoms with E-state index in [1.807, 2.05) is 20.8 Å². The van der Waals surface area contributed by atoms with Gasteiger partial charge in [0.1, 0.15) is 0 Å². The van der Waals surface area contributed by atoms with E-state index in [9.17, 15) is 22.0 Å². The van der Waals surface area contributed by atoms with Gasteiger partial charge in [0.25, 0.3) is 0 Å². The summed E-state index contributed by atoms with van der Waals surface area (Å²) in [7, 11) is 0. The van der Waals surface area contributed by atoms with Gasteiger partial charge in [-0.1, -0.05) is 20.8 Å². The number of hydrogen-bond acceptors (Lipinski definition) is 2. The molecule has 2 nitrogen and oxygen atoms in total. The Bertz CT molecular complexity index is 468. The zero-order valence-electron chi connectivity index (χ0n) is 11.5. The molecule has 114 valence electrons. The molecule has 0 aromatic heterocycles. The molecule has 0 aliphatic heterocycles. The third-order valence-corrected chi connectivity index (χ3v) is 2.98. The second kappa shape index (κ2) is 6.05. The molecule has 0 aliphatic rings. The van der Waals surface area contributed by atoms with Crippen LogP contribution in [0.5, 0.6) is 0 Å². The molecule has 0 saturated carbocycles. The Kier molecular flexibility index (Phi) is 5.10. The molecule has 0 aliphatic carbocycles. The Labute approximate surface area is 114 Å². The first kappa shape index (κ1) is 16.8. The van der Waals surface area contributed by atoms with Crippen molar-refractivity contribution in [1.82, 2.24) is 5.43 Å². The van der Waals surface area contributed by atoms with Gasteiger partial charge < -0.3 is 0 Å². The van der Waals surface area contributed by atoms with Gasteiger partial charge in [-0.2, -0.15) is 0 Å². The number of nitrogens with one attached hydrogen (secondary N) is 1. The van der Waals surface area contributed by atoms with Gasteiger partial charge in [-0.3, -0.25) is 11.3 Å². The number of hydrogen-bond donors (Lipinski definition) is 2. The SMILES string of the molecule is CC(C)(C)CCC(NN)c1c(F)c(F)c(F)c(F)c1F. The maximum atomic E-state index is 13.6. The molecular formula is C13H17F5N2. The van der Waals surface area contributed by atoms with E-state index in [4.69, 9.17) is 5.84 Å². The van der Waals surface area contributed by atoms with Gasteiger partial charge in [0.2, 0.25) is 5.82 Å². The van der Waals surface area contributed by atoms with Crippen LogP contribution in [0, 0.1) is 34.5 Å². The minimum atomic E-state index is -2.17. The monoisotopic (exact) mass is 296 g/mol. The smallest absolute Gasteiger partial charge is 0.200 e. The largest absolute Gasteiger partial charge is 0.271 e. The van der Waals surface area contributed by atoms with Gasteiger partial charge in [0, 0.05) is 5.56 Å². The third kappa shape index (κ3) is 3.46. The molecule has 0 saturated heterocycles. The Hall–Kier alpha value is -1.21. The van der Waals surface area contributed by atoms with Crippen LogP contribution >= 0.6 is 0 Å². The zero-order chi connectivity index (χ0) is 15.7. The predicted octanol–water partition coefficient (Wildman–Crippen LogP) is 3.71. The highest BCUT2D eigenvalue weighted by Gasteiger charge is 2.30. The second-order valence-corrected chi connectivity index (χ2v) is 5.80. The van der Waals surface area contributed by atoms with Crippen molar-refractivity contribution in [2.24, 2.45) is 11.3 Å². The average Bonchev–Trinajstić information content (AvgIpc) is 2.36. The van der Waals surface area contributed by atoms with E-state index in [0.717, 1.165) is 0 Å². The van der Waals surface area contributed by atoms with E-state index in [0.29, 0.717) is 6.42 Å². The lowest BCUT2D eigenvalue weighted by atomic mass is 9.87. The summed E-state index contributed by atoms with van der Waals surface area (Å²) in [5.74, 6) is -4.61. The maximum Gasteiger partial charge on any atom is 0.200 e. The number of hydrazine groups is 1. The van der Waals surface area contributed by atoms with Crippen LogP contribution in [0.4, 0.5) is 22.0 Å². The van der Waals surface area contributed by atoms with Crippen LogP contribution in [0.2, 0.25) is 0 Å². The summed E-state index contributed by atoms with van der Waals surface area (Å²) < 4.78 is 66.5. The maximum absolute atomic E-state index is 13.6. The van der Waals surface area contributed by atoms with Gasteiger partial charge in [-0.15, -0.1) is 0 Å². The lowest BCUT2D eigenvalue weighted by Crippen LogP contribution is -2.31. The quantitative estimate of drug-likeness (QED) is 0.292. The summed E-state index contributed by atoms with van der Waals surface area (Å²) in [5, 5.41) is 0. The van der Waals surface area contributed by atoms with Crippen molar-refractivity contribution < 1.29 is 22.0 Å². The lowest BCUT2D eigenvalue weighted by Gasteiger charge is -2.23. The van der Waals surface area contributed by atoms with Crippen LogP contribution in [0.15, 0.2) is 0 Å². The number of benzene rings is 1. The molecule has 1 rings (SSSR count). The van der Waals surface area contributed by atoms with Gasteiger partial charge in [0.15, 0.2) is 23.3 Å². The summed E-state index contributed by atoms with van der Waals surface area (Å²) in [6, 6.07) is -1.15. The Morgan fingerprint density at radius 3 is 1.65 bits per heavy atom. The van der Waals surface area contributed by atoms with Gasteiger partial charge >= 0.3 is 0 Å². The summed E-state index contributed by atoms with van der Waals surface area (Å²) in [4.78, 5) is 0. The molecule has 0 radical (unpaired) electrons. The highest BCUT2D eigenvalue weighted by Crippen LogP contribution is 2.32. The van der Waals surface area contributed by atoms with Gasteiger partial charge in [-0.05, 0) is 18.3 Å². The van der Waals surface area contributed by atoms with Crippen molar-refractivity contribution >= 4 is 0 Å². The summed E-state index contributed by atoms with van der Waals surface area (Å²) in [5.41, 5.74) is 1.02. The van der Waals surface area contributed by atoms with E-state index in [-0.39, 0.29) is 11.8 Å². The molecule has 7 heteroatoms. The van der Waals surface area contributed by atoms with Crippen LogP contribution in [-0.2, 0) is 0 Å². The van der Waals surface area contributed by atoms with Gasteiger partial charge in [-0.25, -0.2) is 22.0 Å². The first-order valence-electron chi connectivity index (χ1n) is 6.07. The van der Waals surface area contributed by atoms with Crippen molar-refractivity contribution in [2.75, 3.05) is 0 Å². The highest BCUT2D eigenvalue weighted by molar-refractivity contribution is 5.27. The van der Waals surface area contributed by atoms with E-state index in [1.54, 1.807) is 0 Å². The fourth-order valence-corrected chi connectivity index (χ4v) is 1.82. The molecule has 1 aromatic rings. The molecule has 0 amide bonds. The summed E-state index contributed by atoms with van der Waals surface area (Å²) in [6.45, 7) is 5.66. The van der Waals surface area contributed by atoms with Crippen molar-refractivity contribution in [3.8, 4) is 0 Å². The Morgan fingerprint density at radius 2 is 1.30 bits per heavy atom. The average molecular weight is 296 g/mol. The van der Waals surface area contributed by atoms with Crippen LogP contribution < -0.4 is 11.3 Å². The summed E-state index contributed by atoms with van der Waals surface area (Å²) in [6.07, 6.45) is 0.625. The summed E-state index contributed by atoms with van der Waals surface area (Å²) >= 11 is 0. The molecule has 0 heterocycles. The van der Waals surface area contributed by atoms with Crippen LogP contribution in [0.25, 0.3) is 0 Å². The minimum absolute atomic E-state index is 0.137. The standard InChI is InChI=1S/C13H17F5N2/c1-13(2,3)5-4-6(20-19)7-8(14)10(16)12(18)11(17)9(7)15/h6,20H,4-5,19H2,1-3H3. The third-order valence-electron chi connectivity index (χ3n) is 2.98. The normalized spacial score (nSPS) is 13.7. The van der Waals surface area contributed by atoms with E-state index in [1.165, 1.54) is 0 Å². The molecule has 20 heavy (non-hydrogen) atoms. The second-order valence-electron chi connectivity index (χ2n) is 5.80. The van der Waals surface area contributed by atoms with Crippen molar-refractivity contribution in [1.29, 1.82) is 0 Å². The van der Waals surface area contributed by atoms with Crippen molar-refractivity contribution in [3.05, 3.63) is 34.6 Å². The van der Waals surface area contributed by atoms with Crippen LogP contribution in [-0.4, -0.2) is 0 Å². The Balaban J connectivity index is 3.22. The number of rotatable bonds is 4. The van der Waals surface area contributed by atoms with E-state index < -0.39 is 40.7 Å². The van der Waals surface area contributed by atoms with E-state index >= 15 is 0 Å². The number of halogens is 5. The molecule has 0 spiro atoms. The predicted molar refractivity (Wildman–Crippen MR) is 65.0 cm³/mol. The van der Waals surface area contributed by atoms with Crippen LogP contribution in [0.1, 0.15) is 45.2 Å². The highest BCUT2D eigenvalue weighted by atomic mass is 19.2. The lowest BCUT2D eigenvalue weighted by molar-refractivity contribution is 0.313. The van der Waals surface area contributed by atoms with Crippen molar-refractivity contribution in [2.45, 2.75) is 39.7 Å². The zero-order valence-corrected chi connectivity index (χ0v) is 11.5. The topological polar surface area (TPSA) is 38.0 Å². The van der Waals surface area contributed by atoms with Gasteiger partial charge in [0.05, 0.1) is 6.04 Å². The van der Waals surface area contributed by atoms with Crippen LogP contribution in [0.3, 0.4) is 0 Å². The fraction of sp³-hybridized carbons (Fsp3) is 0.538. The first-order valence-corrected chi connectivity index (χ1v) is 6.07. The van der Waals surface area contributed by atoms with E-state index in [2.05, 4.69) is 5.43 Å². The molecule has 0 bridgehead atoms. The first-order chi connectivity index (χ1) is 9.10. The Morgan fingerprint density at radius 1 is 0.900 bits per heavy atom. The molecule has 1 unspecified atom stereocenters. The molecule has 1 aromatic carbocycles. The molecule has 3 N–H and O–H groups in total. The fourth-order valence-electron chi connectivity index (χ4n) is 1.82. The molecular weight excluding hydrogens is 279 g/mol. The van der Waals surface area contributed by atoms with Crippen molar-refractivity contribution in [3.63, 3.8) is 0 Å². The number of nitrogens with two attached hydrogens (primary N) is 1. The molecule has 0 fully saturated rings.